The molecule has 4 heteroatoms. The van der Waals surface area contributed by atoms with Crippen LogP contribution in [0.3, 0.4) is 0 Å². The SMILES string of the molecule is CC(NC(CCO)C(C)(C)C)c1cccc(Cl)c1Cl. The van der Waals surface area contributed by atoms with Crippen LogP contribution < -0.4 is 5.32 Å². The highest BCUT2D eigenvalue weighted by Crippen LogP contribution is 2.31. The summed E-state index contributed by atoms with van der Waals surface area (Å²) in [4.78, 5) is 0. The molecule has 1 aromatic rings. The highest BCUT2D eigenvalue weighted by molar-refractivity contribution is 6.42. The molecule has 0 aliphatic heterocycles. The average Bonchev–Trinajstić information content (AvgIpc) is 2.30. The van der Waals surface area contributed by atoms with Crippen molar-refractivity contribution >= 4 is 23.2 Å². The quantitative estimate of drug-likeness (QED) is 0.843. The van der Waals surface area contributed by atoms with E-state index in [1.807, 2.05) is 12.1 Å². The molecular weight excluding hydrogens is 281 g/mol. The molecule has 19 heavy (non-hydrogen) atoms. The van der Waals surface area contributed by atoms with Gasteiger partial charge in [-0.2, -0.15) is 0 Å². The van der Waals surface area contributed by atoms with Gasteiger partial charge in [0.25, 0.3) is 0 Å². The summed E-state index contributed by atoms with van der Waals surface area (Å²) >= 11 is 12.3. The van der Waals surface area contributed by atoms with E-state index in [2.05, 4.69) is 33.0 Å². The Balaban J connectivity index is 2.88. The average molecular weight is 304 g/mol. The van der Waals surface area contributed by atoms with Crippen LogP contribution in [0.1, 0.15) is 45.7 Å². The van der Waals surface area contributed by atoms with Gasteiger partial charge >= 0.3 is 0 Å². The standard InChI is InChI=1S/C15H23Cl2NO/c1-10(11-6-5-7-12(16)14(11)17)18-13(8-9-19)15(2,3)4/h5-7,10,13,18-19H,8-9H2,1-4H3. The van der Waals surface area contributed by atoms with E-state index in [9.17, 15) is 5.11 Å². The third kappa shape index (κ3) is 4.64. The Morgan fingerprint density at radius 3 is 2.42 bits per heavy atom. The minimum atomic E-state index is 0.0715. The maximum Gasteiger partial charge on any atom is 0.0639 e. The van der Waals surface area contributed by atoms with Crippen LogP contribution in [-0.2, 0) is 0 Å². The largest absolute Gasteiger partial charge is 0.396 e. The van der Waals surface area contributed by atoms with Gasteiger partial charge in [0.15, 0.2) is 0 Å². The summed E-state index contributed by atoms with van der Waals surface area (Å²) in [7, 11) is 0. The molecule has 0 spiro atoms. The Kier molecular flexibility index (Phi) is 6.13. The highest BCUT2D eigenvalue weighted by atomic mass is 35.5. The monoisotopic (exact) mass is 303 g/mol. The van der Waals surface area contributed by atoms with Gasteiger partial charge in [-0.15, -0.1) is 0 Å². The first kappa shape index (κ1) is 16.8. The van der Waals surface area contributed by atoms with Crippen molar-refractivity contribution in [3.8, 4) is 0 Å². The van der Waals surface area contributed by atoms with Crippen LogP contribution in [0.2, 0.25) is 10.0 Å². The van der Waals surface area contributed by atoms with E-state index >= 15 is 0 Å². The molecule has 0 aliphatic carbocycles. The third-order valence-corrected chi connectivity index (χ3v) is 4.20. The van der Waals surface area contributed by atoms with Gasteiger partial charge in [0.2, 0.25) is 0 Å². The molecule has 0 amide bonds. The van der Waals surface area contributed by atoms with Crippen LogP contribution >= 0.6 is 23.2 Å². The van der Waals surface area contributed by atoms with E-state index in [0.29, 0.717) is 16.5 Å². The lowest BCUT2D eigenvalue weighted by molar-refractivity contribution is 0.188. The van der Waals surface area contributed by atoms with Crippen molar-refractivity contribution in [2.75, 3.05) is 6.61 Å². The molecule has 0 radical (unpaired) electrons. The van der Waals surface area contributed by atoms with E-state index in [1.54, 1.807) is 6.07 Å². The van der Waals surface area contributed by atoms with E-state index in [4.69, 9.17) is 23.2 Å². The minimum absolute atomic E-state index is 0.0715. The normalized spacial score (nSPS) is 15.3. The second-order valence-corrected chi connectivity index (χ2v) is 6.75. The zero-order chi connectivity index (χ0) is 14.6. The number of nitrogens with one attached hydrogen (secondary N) is 1. The maximum absolute atomic E-state index is 9.19. The van der Waals surface area contributed by atoms with Crippen molar-refractivity contribution in [1.82, 2.24) is 5.32 Å². The van der Waals surface area contributed by atoms with Crippen LogP contribution in [0.5, 0.6) is 0 Å². The number of hydrogen-bond donors (Lipinski definition) is 2. The first-order valence-corrected chi connectivity index (χ1v) is 7.33. The minimum Gasteiger partial charge on any atom is -0.396 e. The van der Waals surface area contributed by atoms with Gasteiger partial charge in [-0.3, -0.25) is 0 Å². The number of rotatable bonds is 5. The molecule has 2 nitrogen and oxygen atoms in total. The zero-order valence-electron chi connectivity index (χ0n) is 12.0. The van der Waals surface area contributed by atoms with Crippen LogP contribution in [0.4, 0.5) is 0 Å². The van der Waals surface area contributed by atoms with Gasteiger partial charge in [0, 0.05) is 18.7 Å². The highest BCUT2D eigenvalue weighted by Gasteiger charge is 2.26. The molecule has 0 fully saturated rings. The van der Waals surface area contributed by atoms with Crippen LogP contribution in [-0.4, -0.2) is 17.8 Å². The Hall–Kier alpha value is -0.280. The summed E-state index contributed by atoms with van der Waals surface area (Å²) in [5.74, 6) is 0. The van der Waals surface area contributed by atoms with Gasteiger partial charge in [0.05, 0.1) is 10.0 Å². The fraction of sp³-hybridized carbons (Fsp3) is 0.600. The van der Waals surface area contributed by atoms with Gasteiger partial charge in [0.1, 0.15) is 0 Å². The first-order valence-electron chi connectivity index (χ1n) is 6.58. The number of hydrogen-bond acceptors (Lipinski definition) is 2. The van der Waals surface area contributed by atoms with E-state index in [0.717, 1.165) is 5.56 Å². The topological polar surface area (TPSA) is 32.3 Å². The lowest BCUT2D eigenvalue weighted by Crippen LogP contribution is -2.42. The van der Waals surface area contributed by atoms with Crippen molar-refractivity contribution in [3.63, 3.8) is 0 Å². The summed E-state index contributed by atoms with van der Waals surface area (Å²) in [6, 6.07) is 5.96. The van der Waals surface area contributed by atoms with Crippen molar-refractivity contribution in [2.24, 2.45) is 5.41 Å². The fourth-order valence-electron chi connectivity index (χ4n) is 2.14. The van der Waals surface area contributed by atoms with Crippen LogP contribution in [0, 0.1) is 5.41 Å². The maximum atomic E-state index is 9.19. The predicted molar refractivity (Wildman–Crippen MR) is 83.0 cm³/mol. The smallest absolute Gasteiger partial charge is 0.0639 e. The Labute approximate surface area is 126 Å². The van der Waals surface area contributed by atoms with Gasteiger partial charge in [-0.1, -0.05) is 56.1 Å². The van der Waals surface area contributed by atoms with Crippen molar-refractivity contribution in [1.29, 1.82) is 0 Å². The molecule has 2 N–H and O–H groups in total. The second kappa shape index (κ2) is 6.94. The lowest BCUT2D eigenvalue weighted by atomic mass is 9.84. The number of benzene rings is 1. The van der Waals surface area contributed by atoms with Crippen molar-refractivity contribution < 1.29 is 5.11 Å². The zero-order valence-corrected chi connectivity index (χ0v) is 13.5. The second-order valence-electron chi connectivity index (χ2n) is 5.96. The fourth-order valence-corrected chi connectivity index (χ4v) is 2.61. The third-order valence-electron chi connectivity index (χ3n) is 3.36. The van der Waals surface area contributed by atoms with E-state index < -0.39 is 0 Å². The lowest BCUT2D eigenvalue weighted by Gasteiger charge is -2.34. The van der Waals surface area contributed by atoms with E-state index in [-0.39, 0.29) is 24.1 Å². The van der Waals surface area contributed by atoms with Gasteiger partial charge in [-0.05, 0) is 30.4 Å². The molecule has 2 unspecified atom stereocenters. The predicted octanol–water partition coefficient (Wildman–Crippen LogP) is 4.44. The molecule has 0 heterocycles. The van der Waals surface area contributed by atoms with Crippen LogP contribution in [0.25, 0.3) is 0 Å². The first-order chi connectivity index (χ1) is 8.77. The summed E-state index contributed by atoms with van der Waals surface area (Å²) in [5, 5.41) is 13.9. The summed E-state index contributed by atoms with van der Waals surface area (Å²) < 4.78 is 0. The van der Waals surface area contributed by atoms with Crippen molar-refractivity contribution in [2.45, 2.75) is 46.2 Å². The molecule has 0 saturated heterocycles. The molecule has 108 valence electrons. The molecule has 2 atom stereocenters. The Bertz CT molecular complexity index is 415. The van der Waals surface area contributed by atoms with Crippen LogP contribution in [0.15, 0.2) is 18.2 Å². The summed E-state index contributed by atoms with van der Waals surface area (Å²) in [6.45, 7) is 8.71. The summed E-state index contributed by atoms with van der Waals surface area (Å²) in [5.41, 5.74) is 1.06. The molecule has 0 saturated carbocycles. The molecule has 0 aliphatic rings. The Morgan fingerprint density at radius 2 is 1.89 bits per heavy atom. The number of aliphatic hydroxyl groups is 1. The molecule has 1 rings (SSSR count). The van der Waals surface area contributed by atoms with Gasteiger partial charge in [-0.25, -0.2) is 0 Å². The molecular formula is C15H23Cl2NO. The van der Waals surface area contributed by atoms with E-state index in [1.165, 1.54) is 0 Å². The van der Waals surface area contributed by atoms with Crippen molar-refractivity contribution in [3.05, 3.63) is 33.8 Å². The summed E-state index contributed by atoms with van der Waals surface area (Å²) in [6.07, 6.45) is 0.714. The molecule has 0 bridgehead atoms. The molecule has 0 aromatic heterocycles. The molecule has 1 aromatic carbocycles. The number of halogens is 2. The Morgan fingerprint density at radius 1 is 1.26 bits per heavy atom. The van der Waals surface area contributed by atoms with Gasteiger partial charge < -0.3 is 10.4 Å². The number of aliphatic hydroxyl groups excluding tert-OH is 1.